The number of hydrogen-bond donors (Lipinski definition) is 0. The van der Waals surface area contributed by atoms with Gasteiger partial charge in [0.15, 0.2) is 0 Å². The van der Waals surface area contributed by atoms with Crippen LogP contribution >= 0.6 is 11.6 Å². The molecule has 0 fully saturated rings. The third-order valence-electron chi connectivity index (χ3n) is 2.91. The highest BCUT2D eigenvalue weighted by molar-refractivity contribution is 6.23. The van der Waals surface area contributed by atoms with Gasteiger partial charge in [-0.05, 0) is 44.0 Å². The van der Waals surface area contributed by atoms with E-state index in [1.54, 1.807) is 0 Å². The lowest BCUT2D eigenvalue weighted by molar-refractivity contribution is 0.362. The van der Waals surface area contributed by atoms with Gasteiger partial charge in [-0.2, -0.15) is 0 Å². The van der Waals surface area contributed by atoms with Crippen molar-refractivity contribution >= 4 is 11.6 Å². The number of halogens is 1. The highest BCUT2D eigenvalue weighted by Crippen LogP contribution is 2.32. The van der Waals surface area contributed by atoms with E-state index in [4.69, 9.17) is 16.3 Å². The van der Waals surface area contributed by atoms with E-state index in [2.05, 4.69) is 19.8 Å². The number of alkyl halides is 1. The maximum atomic E-state index is 6.40. The summed E-state index contributed by atoms with van der Waals surface area (Å²) in [7, 11) is 0. The minimum Gasteiger partial charge on any atom is -0.490 e. The summed E-state index contributed by atoms with van der Waals surface area (Å²) in [6, 6.07) is 7.99. The van der Waals surface area contributed by atoms with Crippen LogP contribution in [-0.2, 0) is 4.87 Å². The van der Waals surface area contributed by atoms with Gasteiger partial charge in [-0.1, -0.05) is 37.3 Å². The predicted molar refractivity (Wildman–Crippen MR) is 89.3 cm³/mol. The van der Waals surface area contributed by atoms with Crippen molar-refractivity contribution in [3.05, 3.63) is 54.1 Å². The maximum Gasteiger partial charge on any atom is 0.119 e. The monoisotopic (exact) mass is 290 g/mol. The minimum atomic E-state index is -0.287. The molecule has 108 valence electrons. The summed E-state index contributed by atoms with van der Waals surface area (Å²) in [6.07, 6.45) is 16.8. The van der Waals surface area contributed by atoms with Gasteiger partial charge in [-0.25, -0.2) is 0 Å². The van der Waals surface area contributed by atoms with E-state index in [0.717, 1.165) is 17.7 Å². The summed E-state index contributed by atoms with van der Waals surface area (Å²) < 4.78 is 5.59. The molecule has 1 rings (SSSR count). The zero-order valence-corrected chi connectivity index (χ0v) is 13.2. The van der Waals surface area contributed by atoms with Gasteiger partial charge in [0.2, 0.25) is 0 Å². The molecule has 0 amide bonds. The average molecular weight is 291 g/mol. The van der Waals surface area contributed by atoms with Crippen molar-refractivity contribution in [2.75, 3.05) is 6.61 Å². The first-order valence-corrected chi connectivity index (χ1v) is 7.01. The molecule has 1 atom stereocenters. The Kier molecular flexibility index (Phi) is 9.34. The molecule has 0 spiro atoms. The molecule has 1 aromatic rings. The number of hydrogen-bond acceptors (Lipinski definition) is 1. The van der Waals surface area contributed by atoms with Gasteiger partial charge in [0, 0.05) is 0 Å². The molecule has 0 saturated heterocycles. The van der Waals surface area contributed by atoms with Gasteiger partial charge < -0.3 is 4.74 Å². The summed E-state index contributed by atoms with van der Waals surface area (Å²) in [6.45, 7) is 6.68. The Labute approximate surface area is 128 Å². The molecule has 0 heterocycles. The Morgan fingerprint density at radius 1 is 1.20 bits per heavy atom. The molecule has 0 saturated carbocycles. The van der Waals surface area contributed by atoms with E-state index >= 15 is 0 Å². The van der Waals surface area contributed by atoms with Crippen LogP contribution in [0.1, 0.15) is 32.8 Å². The van der Waals surface area contributed by atoms with Crippen molar-refractivity contribution < 1.29 is 4.74 Å². The molecule has 1 unspecified atom stereocenters. The predicted octanol–water partition coefficient (Wildman–Crippen LogP) is 5.31. The molecule has 0 bridgehead atoms. The van der Waals surface area contributed by atoms with Crippen molar-refractivity contribution in [2.45, 2.75) is 32.1 Å². The van der Waals surface area contributed by atoms with E-state index < -0.39 is 0 Å². The van der Waals surface area contributed by atoms with Crippen LogP contribution in [0.25, 0.3) is 0 Å². The highest BCUT2D eigenvalue weighted by Gasteiger charge is 2.20. The lowest BCUT2D eigenvalue weighted by Gasteiger charge is -2.20. The summed E-state index contributed by atoms with van der Waals surface area (Å²) in [5.74, 6) is 0.868. The van der Waals surface area contributed by atoms with E-state index in [9.17, 15) is 0 Å². The molecule has 0 aliphatic carbocycles. The van der Waals surface area contributed by atoms with Gasteiger partial charge in [0.25, 0.3) is 0 Å². The van der Waals surface area contributed by atoms with Crippen molar-refractivity contribution in [3.63, 3.8) is 0 Å². The van der Waals surface area contributed by atoms with Crippen LogP contribution in [0.4, 0.5) is 0 Å². The first-order valence-electron chi connectivity index (χ1n) is 6.63. The lowest BCUT2D eigenvalue weighted by Crippen LogP contribution is -2.11. The van der Waals surface area contributed by atoms with Gasteiger partial charge in [0.1, 0.15) is 12.4 Å². The number of benzene rings is 1. The van der Waals surface area contributed by atoms with Crippen LogP contribution < -0.4 is 4.74 Å². The van der Waals surface area contributed by atoms with Gasteiger partial charge >= 0.3 is 0 Å². The van der Waals surface area contributed by atoms with Gasteiger partial charge in [-0.15, -0.1) is 24.4 Å². The highest BCUT2D eigenvalue weighted by atomic mass is 35.5. The van der Waals surface area contributed by atoms with Gasteiger partial charge in [-0.3, -0.25) is 0 Å². The minimum absolute atomic E-state index is 0.287. The van der Waals surface area contributed by atoms with E-state index in [1.165, 1.54) is 0 Å². The third kappa shape index (κ3) is 6.50. The van der Waals surface area contributed by atoms with Crippen LogP contribution in [0.3, 0.4) is 0 Å². The van der Waals surface area contributed by atoms with E-state index in [1.807, 2.05) is 62.4 Å². The van der Waals surface area contributed by atoms with Crippen molar-refractivity contribution in [1.29, 1.82) is 0 Å². The van der Waals surface area contributed by atoms with Crippen molar-refractivity contribution in [2.24, 2.45) is 0 Å². The average Bonchev–Trinajstić information content (AvgIpc) is 2.49. The first-order chi connectivity index (χ1) is 9.60. The standard InChI is InChI=1S/C16H21ClO.C2H2/c1-4-6-7-8-13-18-15-11-9-14(10-12-15)16(3,17)5-2;1-2/h4,6-12H,5,13H2,1-3H3;1-2H/b6-4-,8-7-;. The van der Waals surface area contributed by atoms with Gasteiger partial charge in [0.05, 0.1) is 4.87 Å². The molecule has 0 N–H and O–H groups in total. The Morgan fingerprint density at radius 3 is 2.30 bits per heavy atom. The SMILES string of the molecule is C#C.C/C=C\C=C/COc1ccc(C(C)(Cl)CC)cc1. The second-order valence-corrected chi connectivity index (χ2v) is 5.17. The molecule has 2 heteroatoms. The smallest absolute Gasteiger partial charge is 0.119 e. The Hall–Kier alpha value is -1.65. The molecule has 1 aromatic carbocycles. The van der Waals surface area contributed by atoms with Crippen molar-refractivity contribution in [3.8, 4) is 18.6 Å². The fourth-order valence-electron chi connectivity index (χ4n) is 1.49. The molecular weight excluding hydrogens is 268 g/mol. The largest absolute Gasteiger partial charge is 0.490 e. The zero-order valence-electron chi connectivity index (χ0n) is 12.5. The van der Waals surface area contributed by atoms with Crippen LogP contribution in [0, 0.1) is 12.8 Å². The topological polar surface area (TPSA) is 9.23 Å². The summed E-state index contributed by atoms with van der Waals surface area (Å²) in [5.41, 5.74) is 1.13. The lowest BCUT2D eigenvalue weighted by atomic mass is 9.98. The molecule has 0 aromatic heterocycles. The first kappa shape index (κ1) is 18.4. The van der Waals surface area contributed by atoms with Crippen LogP contribution in [0.5, 0.6) is 5.75 Å². The fourth-order valence-corrected chi connectivity index (χ4v) is 1.62. The third-order valence-corrected chi connectivity index (χ3v) is 3.39. The van der Waals surface area contributed by atoms with E-state index in [0.29, 0.717) is 6.61 Å². The quantitative estimate of drug-likeness (QED) is 0.392. The summed E-state index contributed by atoms with van der Waals surface area (Å²) in [4.78, 5) is -0.287. The van der Waals surface area contributed by atoms with Crippen LogP contribution in [-0.4, -0.2) is 6.61 Å². The zero-order chi connectivity index (χ0) is 15.4. The maximum absolute atomic E-state index is 6.40. The molecule has 1 nitrogen and oxygen atoms in total. The second-order valence-electron chi connectivity index (χ2n) is 4.34. The second kappa shape index (κ2) is 10.2. The number of ether oxygens (including phenoxy) is 1. The molecular formula is C18H23ClO. The molecule has 0 aliphatic heterocycles. The van der Waals surface area contributed by atoms with Crippen LogP contribution in [0.2, 0.25) is 0 Å². The van der Waals surface area contributed by atoms with Crippen LogP contribution in [0.15, 0.2) is 48.6 Å². The molecule has 20 heavy (non-hydrogen) atoms. The number of rotatable bonds is 6. The van der Waals surface area contributed by atoms with E-state index in [-0.39, 0.29) is 4.87 Å². The molecule has 0 aliphatic rings. The normalized spacial score (nSPS) is 13.7. The summed E-state index contributed by atoms with van der Waals surface area (Å²) >= 11 is 6.40. The summed E-state index contributed by atoms with van der Waals surface area (Å²) in [5, 5.41) is 0. The number of terminal acetylenes is 1. The number of allylic oxidation sites excluding steroid dienone is 3. The fraction of sp³-hybridized carbons (Fsp3) is 0.333. The Balaban J connectivity index is 0.00000172. The molecule has 0 radical (unpaired) electrons. The Morgan fingerprint density at radius 2 is 1.80 bits per heavy atom. The Bertz CT molecular complexity index is 438. The van der Waals surface area contributed by atoms with Crippen molar-refractivity contribution in [1.82, 2.24) is 0 Å².